The van der Waals surface area contributed by atoms with Crippen molar-refractivity contribution in [3.63, 3.8) is 0 Å². The van der Waals surface area contributed by atoms with Crippen molar-refractivity contribution in [3.05, 3.63) is 41.6 Å². The number of nitrogens with one attached hydrogen (secondary N) is 3. The normalized spacial score (nSPS) is 27.2. The minimum Gasteiger partial charge on any atom is -0.386 e. The number of aldehydes is 1. The first-order valence-corrected chi connectivity index (χ1v) is 11.9. The van der Waals surface area contributed by atoms with Crippen molar-refractivity contribution < 1.29 is 23.1 Å². The number of benzene rings is 1. The lowest BCUT2D eigenvalue weighted by molar-refractivity contribution is -0.206. The van der Waals surface area contributed by atoms with E-state index in [9.17, 15) is 28.3 Å². The van der Waals surface area contributed by atoms with E-state index >= 15 is 0 Å². The fraction of sp³-hybridized carbons (Fsp3) is 0.560. The Labute approximate surface area is 202 Å². The number of halogens is 3. The fourth-order valence-electron chi connectivity index (χ4n) is 5.40. The van der Waals surface area contributed by atoms with Gasteiger partial charge in [0.05, 0.1) is 17.6 Å². The van der Waals surface area contributed by atoms with Crippen molar-refractivity contribution in [3.8, 4) is 6.07 Å². The molecule has 7 nitrogen and oxygen atoms in total. The van der Waals surface area contributed by atoms with Crippen LogP contribution in [-0.4, -0.2) is 53.5 Å². The first-order valence-electron chi connectivity index (χ1n) is 11.9. The molecule has 188 valence electrons. The number of alkyl halides is 3. The molecule has 4 rings (SSSR count). The average Bonchev–Trinajstić information content (AvgIpc) is 2.77. The topological polar surface area (TPSA) is 112 Å². The minimum absolute atomic E-state index is 0.0258. The number of nitriles is 1. The monoisotopic (exact) mass is 489 g/mol. The third kappa shape index (κ3) is 5.52. The lowest BCUT2D eigenvalue weighted by atomic mass is 9.62. The van der Waals surface area contributed by atoms with E-state index in [4.69, 9.17) is 5.41 Å². The predicted octanol–water partition coefficient (Wildman–Crippen LogP) is 3.89. The van der Waals surface area contributed by atoms with Gasteiger partial charge >= 0.3 is 6.18 Å². The average molecular weight is 490 g/mol. The molecule has 0 radical (unpaired) electrons. The van der Waals surface area contributed by atoms with Gasteiger partial charge < -0.3 is 15.7 Å². The van der Waals surface area contributed by atoms with Crippen LogP contribution in [0, 0.1) is 28.1 Å². The van der Waals surface area contributed by atoms with Crippen molar-refractivity contribution >= 4 is 17.8 Å². The molecule has 1 aromatic carbocycles. The SMILES string of the molecule is N#CC1CC(N2CC3(CCC3)C2)CCC1N/C=C(/C=O)C(=N)Nc1ccc(C(O)C(F)(F)F)cc1. The fourth-order valence-corrected chi connectivity index (χ4v) is 5.40. The van der Waals surface area contributed by atoms with Gasteiger partial charge in [-0.3, -0.25) is 15.1 Å². The van der Waals surface area contributed by atoms with Crippen LogP contribution in [0.15, 0.2) is 36.0 Å². The summed E-state index contributed by atoms with van der Waals surface area (Å²) in [5.41, 5.74) is 0.555. The molecular formula is C25H30F3N5O2. The Hall–Kier alpha value is -2.90. The van der Waals surface area contributed by atoms with Crippen LogP contribution in [0.5, 0.6) is 0 Å². The molecule has 3 fully saturated rings. The maximum atomic E-state index is 12.6. The van der Waals surface area contributed by atoms with E-state index in [1.165, 1.54) is 37.6 Å². The molecule has 3 aliphatic rings. The Morgan fingerprint density at radius 1 is 1.26 bits per heavy atom. The van der Waals surface area contributed by atoms with Crippen molar-refractivity contribution in [1.82, 2.24) is 10.2 Å². The number of amidine groups is 1. The van der Waals surface area contributed by atoms with Crippen molar-refractivity contribution in [2.75, 3.05) is 18.4 Å². The van der Waals surface area contributed by atoms with Gasteiger partial charge in [-0.15, -0.1) is 0 Å². The number of carbonyl (C=O) groups is 1. The molecule has 1 saturated heterocycles. The van der Waals surface area contributed by atoms with Crippen molar-refractivity contribution in [2.45, 2.75) is 62.9 Å². The molecule has 0 amide bonds. The summed E-state index contributed by atoms with van der Waals surface area (Å²) in [6.45, 7) is 2.28. The van der Waals surface area contributed by atoms with E-state index in [0.29, 0.717) is 23.4 Å². The van der Waals surface area contributed by atoms with Gasteiger partial charge in [-0.05, 0) is 55.2 Å². The summed E-state index contributed by atoms with van der Waals surface area (Å²) < 4.78 is 37.9. The van der Waals surface area contributed by atoms with Crippen LogP contribution >= 0.6 is 0 Å². The van der Waals surface area contributed by atoms with E-state index in [0.717, 1.165) is 44.5 Å². The summed E-state index contributed by atoms with van der Waals surface area (Å²) in [6, 6.07) is 7.50. The summed E-state index contributed by atoms with van der Waals surface area (Å²) in [6.07, 6.45) is 1.08. The second kappa shape index (κ2) is 9.99. The summed E-state index contributed by atoms with van der Waals surface area (Å²) in [5.74, 6) is -0.434. The molecule has 1 aromatic rings. The number of aliphatic hydroxyl groups excluding tert-OH is 1. The van der Waals surface area contributed by atoms with Gasteiger partial charge in [0.15, 0.2) is 12.4 Å². The Balaban J connectivity index is 1.30. The molecule has 4 N–H and O–H groups in total. The zero-order chi connectivity index (χ0) is 25.2. The van der Waals surface area contributed by atoms with Crippen LogP contribution in [0.2, 0.25) is 0 Å². The van der Waals surface area contributed by atoms with Crippen LogP contribution < -0.4 is 10.6 Å². The first-order chi connectivity index (χ1) is 16.6. The van der Waals surface area contributed by atoms with Crippen LogP contribution in [0.4, 0.5) is 18.9 Å². The van der Waals surface area contributed by atoms with Crippen molar-refractivity contribution in [2.24, 2.45) is 11.3 Å². The van der Waals surface area contributed by atoms with Gasteiger partial charge in [-0.25, -0.2) is 0 Å². The molecule has 10 heteroatoms. The smallest absolute Gasteiger partial charge is 0.386 e. The standard InChI is InChI=1S/C25H30F3N5O2/c26-25(27,28)22(35)16-2-4-19(5-3-16)32-23(30)18(13-34)12-31-21-7-6-20(10-17(21)11-29)33-14-24(15-33)8-1-9-24/h2-5,12-13,17,20-22,31,35H,1,6-10,14-15H2,(H2,30,32)/b18-12-. The molecule has 2 saturated carbocycles. The summed E-state index contributed by atoms with van der Waals surface area (Å²) in [7, 11) is 0. The lowest BCUT2D eigenvalue weighted by Gasteiger charge is -2.59. The molecule has 1 spiro atoms. The van der Waals surface area contributed by atoms with Gasteiger partial charge in [0, 0.05) is 37.1 Å². The number of hydrogen-bond donors (Lipinski definition) is 4. The molecule has 35 heavy (non-hydrogen) atoms. The highest BCUT2D eigenvalue weighted by Crippen LogP contribution is 2.50. The van der Waals surface area contributed by atoms with Crippen LogP contribution in [0.3, 0.4) is 0 Å². The molecular weight excluding hydrogens is 459 g/mol. The molecule has 0 aromatic heterocycles. The van der Waals surface area contributed by atoms with E-state index in [2.05, 4.69) is 21.6 Å². The highest BCUT2D eigenvalue weighted by atomic mass is 19.4. The van der Waals surface area contributed by atoms with Gasteiger partial charge in [0.25, 0.3) is 0 Å². The van der Waals surface area contributed by atoms with Crippen LogP contribution in [0.25, 0.3) is 0 Å². The number of hydrogen-bond acceptors (Lipinski definition) is 6. The number of rotatable bonds is 7. The Morgan fingerprint density at radius 3 is 2.49 bits per heavy atom. The van der Waals surface area contributed by atoms with Crippen LogP contribution in [0.1, 0.15) is 50.2 Å². The number of carbonyl (C=O) groups excluding carboxylic acids is 1. The quantitative estimate of drug-likeness (QED) is 0.200. The maximum absolute atomic E-state index is 12.6. The van der Waals surface area contributed by atoms with Gasteiger partial charge in [0.2, 0.25) is 0 Å². The van der Waals surface area contributed by atoms with E-state index in [-0.39, 0.29) is 28.9 Å². The number of aliphatic hydroxyl groups is 1. The lowest BCUT2D eigenvalue weighted by Crippen LogP contribution is -2.63. The highest BCUT2D eigenvalue weighted by molar-refractivity contribution is 6.17. The molecule has 0 bridgehead atoms. The molecule has 1 aliphatic heterocycles. The summed E-state index contributed by atoms with van der Waals surface area (Å²) >= 11 is 0. The molecule has 1 heterocycles. The zero-order valence-electron chi connectivity index (χ0n) is 19.3. The third-order valence-electron chi connectivity index (χ3n) is 7.67. The number of nitrogens with zero attached hydrogens (tertiary/aromatic N) is 2. The maximum Gasteiger partial charge on any atom is 0.418 e. The second-order valence-corrected chi connectivity index (χ2v) is 10.0. The predicted molar refractivity (Wildman–Crippen MR) is 124 cm³/mol. The molecule has 4 unspecified atom stereocenters. The second-order valence-electron chi connectivity index (χ2n) is 10.0. The first kappa shape index (κ1) is 25.2. The molecule has 4 atom stereocenters. The van der Waals surface area contributed by atoms with Crippen LogP contribution in [-0.2, 0) is 4.79 Å². The summed E-state index contributed by atoms with van der Waals surface area (Å²) in [5, 5.41) is 33.0. The van der Waals surface area contributed by atoms with E-state index < -0.39 is 12.3 Å². The zero-order valence-corrected chi connectivity index (χ0v) is 19.3. The third-order valence-corrected chi connectivity index (χ3v) is 7.67. The van der Waals surface area contributed by atoms with Crippen molar-refractivity contribution in [1.29, 1.82) is 10.7 Å². The number of likely N-dealkylation sites (tertiary alicyclic amines) is 1. The van der Waals surface area contributed by atoms with Gasteiger partial charge in [-0.2, -0.15) is 18.4 Å². The van der Waals surface area contributed by atoms with Gasteiger partial charge in [-0.1, -0.05) is 18.6 Å². The minimum atomic E-state index is -4.77. The Kier molecular flexibility index (Phi) is 7.20. The van der Waals surface area contributed by atoms with Gasteiger partial charge in [0.1, 0.15) is 5.84 Å². The molecule has 2 aliphatic carbocycles. The highest BCUT2D eigenvalue weighted by Gasteiger charge is 2.50. The number of anilines is 1. The largest absolute Gasteiger partial charge is 0.418 e. The summed E-state index contributed by atoms with van der Waals surface area (Å²) in [4.78, 5) is 14.1. The Bertz CT molecular complexity index is 1010. The van der Waals surface area contributed by atoms with E-state index in [1.807, 2.05) is 0 Å². The Morgan fingerprint density at radius 2 is 1.94 bits per heavy atom. The van der Waals surface area contributed by atoms with E-state index in [1.54, 1.807) is 0 Å².